The van der Waals surface area contributed by atoms with Crippen molar-refractivity contribution >= 4 is 5.91 Å². The van der Waals surface area contributed by atoms with Gasteiger partial charge in [-0.15, -0.1) is 0 Å². The summed E-state index contributed by atoms with van der Waals surface area (Å²) in [6.07, 6.45) is 1.89. The van der Waals surface area contributed by atoms with Crippen molar-refractivity contribution in [3.8, 4) is 0 Å². The molecule has 0 aromatic heterocycles. The second-order valence-electron chi connectivity index (χ2n) is 3.84. The fourth-order valence-corrected chi connectivity index (χ4v) is 1.33. The quantitative estimate of drug-likeness (QED) is 0.645. The molecule has 3 nitrogen and oxygen atoms in total. The fourth-order valence-electron chi connectivity index (χ4n) is 1.33. The van der Waals surface area contributed by atoms with Crippen molar-refractivity contribution in [2.45, 2.75) is 53.2 Å². The Morgan fingerprint density at radius 3 is 2.07 bits per heavy atom. The molecule has 2 N–H and O–H groups in total. The Hall–Kier alpha value is -0.570. The molecule has 0 aromatic rings. The van der Waals surface area contributed by atoms with Crippen molar-refractivity contribution in [1.82, 2.24) is 5.32 Å². The average molecular weight is 201 g/mol. The van der Waals surface area contributed by atoms with Gasteiger partial charge in [-0.25, -0.2) is 0 Å². The minimum Gasteiger partial charge on any atom is -0.373 e. The number of aliphatic hydroxyl groups is 1. The van der Waals surface area contributed by atoms with Crippen LogP contribution in [0.1, 0.15) is 47.0 Å². The molecule has 0 heterocycles. The van der Waals surface area contributed by atoms with E-state index in [4.69, 9.17) is 0 Å². The van der Waals surface area contributed by atoms with Crippen molar-refractivity contribution in [1.29, 1.82) is 0 Å². The number of amides is 1. The molecule has 84 valence electrons. The maximum atomic E-state index is 11.4. The van der Waals surface area contributed by atoms with Gasteiger partial charge in [0.05, 0.1) is 0 Å². The third-order valence-corrected chi connectivity index (χ3v) is 2.85. The number of carbonyl (C=O) groups is 1. The van der Waals surface area contributed by atoms with Gasteiger partial charge < -0.3 is 10.4 Å². The number of nitrogens with one attached hydrogen (secondary N) is 1. The molecule has 2 atom stereocenters. The van der Waals surface area contributed by atoms with Crippen LogP contribution in [-0.2, 0) is 4.79 Å². The van der Waals surface area contributed by atoms with Crippen molar-refractivity contribution in [3.63, 3.8) is 0 Å². The van der Waals surface area contributed by atoms with Crippen molar-refractivity contribution < 1.29 is 9.90 Å². The molecule has 0 fully saturated rings. The first-order valence-corrected chi connectivity index (χ1v) is 5.55. The summed E-state index contributed by atoms with van der Waals surface area (Å²) in [4.78, 5) is 11.4. The van der Waals surface area contributed by atoms with E-state index in [1.807, 2.05) is 27.7 Å². The average Bonchev–Trinajstić information content (AvgIpc) is 2.18. The molecule has 0 aliphatic rings. The van der Waals surface area contributed by atoms with Gasteiger partial charge in [0, 0.05) is 11.8 Å². The van der Waals surface area contributed by atoms with Gasteiger partial charge in [-0.05, 0) is 19.3 Å². The second-order valence-corrected chi connectivity index (χ2v) is 3.84. The molecule has 0 aromatic carbocycles. The number of carbonyl (C=O) groups excluding carboxylic acids is 1. The minimum absolute atomic E-state index is 0.0148. The number of rotatable bonds is 6. The lowest BCUT2D eigenvalue weighted by molar-refractivity contribution is -0.128. The number of hydrogen-bond donors (Lipinski definition) is 2. The zero-order valence-electron chi connectivity index (χ0n) is 9.71. The molecule has 0 bridgehead atoms. The van der Waals surface area contributed by atoms with E-state index >= 15 is 0 Å². The topological polar surface area (TPSA) is 49.3 Å². The van der Waals surface area contributed by atoms with E-state index in [2.05, 4.69) is 5.32 Å². The molecule has 3 heteroatoms. The van der Waals surface area contributed by atoms with E-state index in [1.54, 1.807) is 0 Å². The van der Waals surface area contributed by atoms with Gasteiger partial charge in [-0.3, -0.25) is 4.79 Å². The lowest BCUT2D eigenvalue weighted by Gasteiger charge is -2.22. The molecule has 0 saturated carbocycles. The van der Waals surface area contributed by atoms with Gasteiger partial charge in [0.1, 0.15) is 6.23 Å². The molecule has 0 saturated heterocycles. The highest BCUT2D eigenvalue weighted by atomic mass is 16.3. The molecule has 0 radical (unpaired) electrons. The Morgan fingerprint density at radius 2 is 1.71 bits per heavy atom. The van der Waals surface area contributed by atoms with Crippen LogP contribution < -0.4 is 5.32 Å². The van der Waals surface area contributed by atoms with Crippen LogP contribution >= 0.6 is 0 Å². The highest BCUT2D eigenvalue weighted by Gasteiger charge is 2.19. The van der Waals surface area contributed by atoms with Crippen molar-refractivity contribution in [2.75, 3.05) is 0 Å². The number of aliphatic hydroxyl groups excluding tert-OH is 1. The smallest absolute Gasteiger partial charge is 0.224 e. The summed E-state index contributed by atoms with van der Waals surface area (Å²) in [5, 5.41) is 12.3. The SMILES string of the molecule is CCC(C)C(=O)NC(O)C(CC)CC. The molecule has 0 spiro atoms. The third kappa shape index (κ3) is 4.09. The van der Waals surface area contributed by atoms with Crippen LogP contribution in [0.4, 0.5) is 0 Å². The van der Waals surface area contributed by atoms with Crippen molar-refractivity contribution in [3.05, 3.63) is 0 Å². The van der Waals surface area contributed by atoms with E-state index in [0.29, 0.717) is 0 Å². The Balaban J connectivity index is 4.03. The Kier molecular flexibility index (Phi) is 6.54. The molecule has 0 rings (SSSR count). The summed E-state index contributed by atoms with van der Waals surface area (Å²) in [6, 6.07) is 0. The monoisotopic (exact) mass is 201 g/mol. The summed E-state index contributed by atoms with van der Waals surface area (Å²) >= 11 is 0. The summed E-state index contributed by atoms with van der Waals surface area (Å²) in [5.74, 6) is 0.105. The van der Waals surface area contributed by atoms with Crippen molar-refractivity contribution in [2.24, 2.45) is 11.8 Å². The molecule has 0 aliphatic carbocycles. The Morgan fingerprint density at radius 1 is 1.21 bits per heavy atom. The summed E-state index contributed by atoms with van der Waals surface area (Å²) in [7, 11) is 0. The van der Waals surface area contributed by atoms with Gasteiger partial charge in [0.25, 0.3) is 0 Å². The Bertz CT molecular complexity index is 167. The summed E-state index contributed by atoms with van der Waals surface area (Å²) in [6.45, 7) is 7.88. The molecular formula is C11H23NO2. The van der Waals surface area contributed by atoms with Crippen LogP contribution in [0.5, 0.6) is 0 Å². The normalized spacial score (nSPS) is 15.3. The number of hydrogen-bond acceptors (Lipinski definition) is 2. The highest BCUT2D eigenvalue weighted by Crippen LogP contribution is 2.12. The van der Waals surface area contributed by atoms with E-state index in [1.165, 1.54) is 0 Å². The minimum atomic E-state index is -0.688. The molecule has 1 amide bonds. The highest BCUT2D eigenvalue weighted by molar-refractivity contribution is 5.78. The van der Waals surface area contributed by atoms with E-state index in [-0.39, 0.29) is 17.7 Å². The molecule has 2 unspecified atom stereocenters. The maximum Gasteiger partial charge on any atom is 0.224 e. The summed E-state index contributed by atoms with van der Waals surface area (Å²) in [5.41, 5.74) is 0. The third-order valence-electron chi connectivity index (χ3n) is 2.85. The first-order chi connectivity index (χ1) is 6.56. The van der Waals surface area contributed by atoms with Crippen LogP contribution in [0.3, 0.4) is 0 Å². The zero-order valence-corrected chi connectivity index (χ0v) is 9.71. The lowest BCUT2D eigenvalue weighted by Crippen LogP contribution is -2.42. The lowest BCUT2D eigenvalue weighted by atomic mass is 10.0. The van der Waals surface area contributed by atoms with E-state index < -0.39 is 6.23 Å². The predicted octanol–water partition coefficient (Wildman–Crippen LogP) is 1.90. The fraction of sp³-hybridized carbons (Fsp3) is 0.909. The largest absolute Gasteiger partial charge is 0.373 e. The van der Waals surface area contributed by atoms with Crippen LogP contribution in [0.25, 0.3) is 0 Å². The van der Waals surface area contributed by atoms with E-state index in [9.17, 15) is 9.90 Å². The standard InChI is InChI=1S/C11H23NO2/c1-5-8(4)10(13)12-11(14)9(6-2)7-3/h8-9,11,14H,5-7H2,1-4H3,(H,12,13). The van der Waals surface area contributed by atoms with Crippen LogP contribution in [-0.4, -0.2) is 17.2 Å². The first kappa shape index (κ1) is 13.4. The van der Waals surface area contributed by atoms with E-state index in [0.717, 1.165) is 19.3 Å². The van der Waals surface area contributed by atoms with Crippen LogP contribution in [0.2, 0.25) is 0 Å². The predicted molar refractivity (Wildman–Crippen MR) is 57.7 cm³/mol. The zero-order chi connectivity index (χ0) is 11.1. The van der Waals surface area contributed by atoms with Gasteiger partial charge in [0.2, 0.25) is 5.91 Å². The van der Waals surface area contributed by atoms with Gasteiger partial charge in [-0.1, -0.05) is 27.7 Å². The first-order valence-electron chi connectivity index (χ1n) is 5.55. The van der Waals surface area contributed by atoms with Crippen LogP contribution in [0, 0.1) is 11.8 Å². The summed E-state index contributed by atoms with van der Waals surface area (Å²) < 4.78 is 0. The Labute approximate surface area is 86.9 Å². The van der Waals surface area contributed by atoms with Gasteiger partial charge >= 0.3 is 0 Å². The molecule has 0 aliphatic heterocycles. The molecule has 14 heavy (non-hydrogen) atoms. The maximum absolute atomic E-state index is 11.4. The van der Waals surface area contributed by atoms with Gasteiger partial charge in [-0.2, -0.15) is 0 Å². The van der Waals surface area contributed by atoms with Crippen LogP contribution in [0.15, 0.2) is 0 Å². The van der Waals surface area contributed by atoms with Gasteiger partial charge in [0.15, 0.2) is 0 Å². The second kappa shape index (κ2) is 6.82. The molecular weight excluding hydrogens is 178 g/mol.